The van der Waals surface area contributed by atoms with Crippen molar-refractivity contribution in [2.45, 2.75) is 19.8 Å². The second kappa shape index (κ2) is 6.55. The van der Waals surface area contributed by atoms with Crippen molar-refractivity contribution in [2.75, 3.05) is 13.2 Å². The van der Waals surface area contributed by atoms with E-state index in [4.69, 9.17) is 5.11 Å². The van der Waals surface area contributed by atoms with Gasteiger partial charge in [-0.05, 0) is 12.3 Å². The van der Waals surface area contributed by atoms with Crippen LogP contribution in [0.4, 0.5) is 0 Å². The molecule has 0 bridgehead atoms. The highest BCUT2D eigenvalue weighted by molar-refractivity contribution is 5.45. The monoisotopic (exact) mass is 145 g/mol. The van der Waals surface area contributed by atoms with Crippen molar-refractivity contribution in [3.63, 3.8) is 0 Å². The summed E-state index contributed by atoms with van der Waals surface area (Å²) in [5.74, 6) is 0.426. The van der Waals surface area contributed by atoms with Gasteiger partial charge in [0, 0.05) is 13.2 Å². The molecule has 10 heavy (non-hydrogen) atoms. The minimum Gasteiger partial charge on any atom is -0.396 e. The molecule has 0 aliphatic carbocycles. The fourth-order valence-electron chi connectivity index (χ4n) is 0.848. The second-order valence-corrected chi connectivity index (χ2v) is 2.31. The predicted molar refractivity (Wildman–Crippen MR) is 39.6 cm³/mol. The van der Waals surface area contributed by atoms with E-state index < -0.39 is 0 Å². The number of hydrogen-bond acceptors (Lipinski definition) is 2. The third-order valence-corrected chi connectivity index (χ3v) is 1.60. The summed E-state index contributed by atoms with van der Waals surface area (Å²) in [6.45, 7) is 2.94. The van der Waals surface area contributed by atoms with E-state index in [9.17, 15) is 4.79 Å². The Morgan fingerprint density at radius 1 is 1.70 bits per heavy atom. The van der Waals surface area contributed by atoms with Crippen LogP contribution in [-0.4, -0.2) is 24.7 Å². The number of amides is 1. The first kappa shape index (κ1) is 9.43. The summed E-state index contributed by atoms with van der Waals surface area (Å²) in [5, 5.41) is 11.1. The van der Waals surface area contributed by atoms with Crippen LogP contribution in [0.1, 0.15) is 19.8 Å². The van der Waals surface area contributed by atoms with Gasteiger partial charge in [-0.1, -0.05) is 13.3 Å². The van der Waals surface area contributed by atoms with Gasteiger partial charge in [0.05, 0.1) is 0 Å². The Bertz CT molecular complexity index is 85.7. The number of aliphatic hydroxyl groups is 1. The van der Waals surface area contributed by atoms with Crippen LogP contribution in [-0.2, 0) is 4.79 Å². The van der Waals surface area contributed by atoms with Crippen molar-refractivity contribution in [1.82, 2.24) is 5.32 Å². The van der Waals surface area contributed by atoms with Crippen LogP contribution in [0.3, 0.4) is 0 Å². The Hall–Kier alpha value is -0.570. The highest BCUT2D eigenvalue weighted by Gasteiger charge is 2.02. The molecule has 0 aliphatic heterocycles. The van der Waals surface area contributed by atoms with Gasteiger partial charge in [0.2, 0.25) is 6.41 Å². The molecule has 0 spiro atoms. The summed E-state index contributed by atoms with van der Waals surface area (Å²) in [6, 6.07) is 0. The lowest BCUT2D eigenvalue weighted by atomic mass is 10.0. The lowest BCUT2D eigenvalue weighted by molar-refractivity contribution is -0.109. The fraction of sp³-hybridized carbons (Fsp3) is 0.857. The van der Waals surface area contributed by atoms with Gasteiger partial charge < -0.3 is 10.4 Å². The predicted octanol–water partition coefficient (Wildman–Crippen LogP) is 0.141. The number of aliphatic hydroxyl groups excluding tert-OH is 1. The molecule has 0 aromatic rings. The number of carbonyl (C=O) groups is 1. The minimum atomic E-state index is 0.207. The van der Waals surface area contributed by atoms with Crippen molar-refractivity contribution in [2.24, 2.45) is 5.92 Å². The van der Waals surface area contributed by atoms with Crippen LogP contribution >= 0.6 is 0 Å². The summed E-state index contributed by atoms with van der Waals surface area (Å²) >= 11 is 0. The molecule has 0 aromatic heterocycles. The Balaban J connectivity index is 3.29. The number of nitrogens with one attached hydrogen (secondary N) is 1. The number of rotatable bonds is 6. The van der Waals surface area contributed by atoms with Crippen molar-refractivity contribution in [3.05, 3.63) is 0 Å². The van der Waals surface area contributed by atoms with Crippen LogP contribution in [0.15, 0.2) is 0 Å². The largest absolute Gasteiger partial charge is 0.396 e. The maximum atomic E-state index is 9.86. The van der Waals surface area contributed by atoms with E-state index in [0.29, 0.717) is 18.9 Å². The molecule has 1 amide bonds. The molecule has 3 nitrogen and oxygen atoms in total. The van der Waals surface area contributed by atoms with Gasteiger partial charge in [-0.25, -0.2) is 0 Å². The summed E-state index contributed by atoms with van der Waals surface area (Å²) in [7, 11) is 0. The molecular formula is C7H15NO2. The van der Waals surface area contributed by atoms with E-state index >= 15 is 0 Å². The second-order valence-electron chi connectivity index (χ2n) is 2.31. The normalized spacial score (nSPS) is 12.6. The minimum absolute atomic E-state index is 0.207. The first-order valence-corrected chi connectivity index (χ1v) is 3.63. The molecule has 0 rings (SSSR count). The molecule has 0 saturated carbocycles. The van der Waals surface area contributed by atoms with Crippen molar-refractivity contribution >= 4 is 6.41 Å². The van der Waals surface area contributed by atoms with E-state index in [1.165, 1.54) is 0 Å². The molecule has 3 heteroatoms. The smallest absolute Gasteiger partial charge is 0.207 e. The molecule has 1 unspecified atom stereocenters. The zero-order chi connectivity index (χ0) is 7.82. The molecule has 1 atom stereocenters. The lowest BCUT2D eigenvalue weighted by Crippen LogP contribution is -2.21. The average Bonchev–Trinajstić information content (AvgIpc) is 1.98. The van der Waals surface area contributed by atoms with E-state index in [2.05, 4.69) is 5.32 Å². The van der Waals surface area contributed by atoms with Gasteiger partial charge in [-0.2, -0.15) is 0 Å². The highest BCUT2D eigenvalue weighted by atomic mass is 16.3. The molecule has 0 fully saturated rings. The zero-order valence-corrected chi connectivity index (χ0v) is 6.34. The van der Waals surface area contributed by atoms with E-state index in [0.717, 1.165) is 12.8 Å². The topological polar surface area (TPSA) is 49.3 Å². The van der Waals surface area contributed by atoms with Gasteiger partial charge in [-0.3, -0.25) is 4.79 Å². The van der Waals surface area contributed by atoms with Gasteiger partial charge in [0.1, 0.15) is 0 Å². The Morgan fingerprint density at radius 3 is 2.80 bits per heavy atom. The maximum absolute atomic E-state index is 9.86. The van der Waals surface area contributed by atoms with Gasteiger partial charge >= 0.3 is 0 Å². The third kappa shape index (κ3) is 4.32. The summed E-state index contributed by atoms with van der Waals surface area (Å²) in [5.41, 5.74) is 0. The van der Waals surface area contributed by atoms with E-state index in [1.807, 2.05) is 6.92 Å². The SMILES string of the molecule is CCC(CCO)CNC=O. The first-order valence-electron chi connectivity index (χ1n) is 3.63. The number of hydrogen-bond donors (Lipinski definition) is 2. The van der Waals surface area contributed by atoms with Crippen LogP contribution in [0.2, 0.25) is 0 Å². The lowest BCUT2D eigenvalue weighted by Gasteiger charge is -2.11. The van der Waals surface area contributed by atoms with Crippen molar-refractivity contribution in [1.29, 1.82) is 0 Å². The molecule has 0 aromatic carbocycles. The van der Waals surface area contributed by atoms with E-state index in [1.54, 1.807) is 0 Å². The number of carbonyl (C=O) groups excluding carboxylic acids is 1. The van der Waals surface area contributed by atoms with E-state index in [-0.39, 0.29) is 6.61 Å². The molecule has 60 valence electrons. The van der Waals surface area contributed by atoms with Gasteiger partial charge in [0.25, 0.3) is 0 Å². The third-order valence-electron chi connectivity index (χ3n) is 1.60. The van der Waals surface area contributed by atoms with Crippen molar-refractivity contribution < 1.29 is 9.90 Å². The highest BCUT2D eigenvalue weighted by Crippen LogP contribution is 2.04. The van der Waals surface area contributed by atoms with Crippen LogP contribution in [0.25, 0.3) is 0 Å². The Kier molecular flexibility index (Phi) is 6.18. The molecule has 2 N–H and O–H groups in total. The van der Waals surface area contributed by atoms with Gasteiger partial charge in [-0.15, -0.1) is 0 Å². The molecule has 0 saturated heterocycles. The molecule has 0 heterocycles. The molecule has 0 aliphatic rings. The Labute approximate surface area is 61.4 Å². The summed E-state index contributed by atoms with van der Waals surface area (Å²) in [6.07, 6.45) is 2.47. The van der Waals surface area contributed by atoms with Crippen LogP contribution < -0.4 is 5.32 Å². The summed E-state index contributed by atoms with van der Waals surface area (Å²) in [4.78, 5) is 9.86. The summed E-state index contributed by atoms with van der Waals surface area (Å²) < 4.78 is 0. The van der Waals surface area contributed by atoms with Gasteiger partial charge in [0.15, 0.2) is 0 Å². The van der Waals surface area contributed by atoms with Crippen LogP contribution in [0, 0.1) is 5.92 Å². The van der Waals surface area contributed by atoms with Crippen molar-refractivity contribution in [3.8, 4) is 0 Å². The Morgan fingerprint density at radius 2 is 2.40 bits per heavy atom. The molecular weight excluding hydrogens is 130 g/mol. The zero-order valence-electron chi connectivity index (χ0n) is 6.34. The standard InChI is InChI=1S/C7H15NO2/c1-2-7(3-4-9)5-8-6-10/h6-7,9H,2-5H2,1H3,(H,8,10). The fourth-order valence-corrected chi connectivity index (χ4v) is 0.848. The maximum Gasteiger partial charge on any atom is 0.207 e. The van der Waals surface area contributed by atoms with Crippen LogP contribution in [0.5, 0.6) is 0 Å². The quantitative estimate of drug-likeness (QED) is 0.522. The average molecular weight is 145 g/mol. The molecule has 0 radical (unpaired) electrons. The first-order chi connectivity index (χ1) is 4.85.